The molecular formula is C18H22N2O4S. The monoisotopic (exact) mass is 362 g/mol. The summed E-state index contributed by atoms with van der Waals surface area (Å²) in [6, 6.07) is 12.9. The molecule has 6 nitrogen and oxygen atoms in total. The van der Waals surface area contributed by atoms with E-state index in [0.717, 1.165) is 4.31 Å². The van der Waals surface area contributed by atoms with Crippen molar-refractivity contribution >= 4 is 21.6 Å². The van der Waals surface area contributed by atoms with E-state index in [1.807, 2.05) is 13.8 Å². The lowest BCUT2D eigenvalue weighted by atomic mass is 10.2. The molecule has 0 aliphatic rings. The number of anilines is 1. The Kier molecular flexibility index (Phi) is 5.81. The van der Waals surface area contributed by atoms with Crippen LogP contribution in [0.5, 0.6) is 5.75 Å². The number of sulfonamides is 1. The van der Waals surface area contributed by atoms with Crippen LogP contribution in [0.3, 0.4) is 0 Å². The molecule has 0 fully saturated rings. The van der Waals surface area contributed by atoms with Gasteiger partial charge >= 0.3 is 0 Å². The van der Waals surface area contributed by atoms with Crippen molar-refractivity contribution in [2.75, 3.05) is 19.4 Å². The number of hydrogen-bond donors (Lipinski definition) is 1. The van der Waals surface area contributed by atoms with E-state index in [0.29, 0.717) is 17.0 Å². The lowest BCUT2D eigenvalue weighted by molar-refractivity contribution is 0.102. The third-order valence-corrected chi connectivity index (χ3v) is 5.21. The van der Waals surface area contributed by atoms with E-state index in [9.17, 15) is 13.2 Å². The number of ether oxygens (including phenoxy) is 1. The summed E-state index contributed by atoms with van der Waals surface area (Å²) in [5.41, 5.74) is 1.01. The Hall–Kier alpha value is -2.38. The average Bonchev–Trinajstić information content (AvgIpc) is 2.55. The highest BCUT2D eigenvalue weighted by Gasteiger charge is 2.16. The largest absolute Gasteiger partial charge is 0.491 e. The van der Waals surface area contributed by atoms with Gasteiger partial charge in [0, 0.05) is 25.3 Å². The van der Waals surface area contributed by atoms with E-state index in [-0.39, 0.29) is 16.9 Å². The maximum atomic E-state index is 12.3. The van der Waals surface area contributed by atoms with E-state index in [1.165, 1.54) is 26.2 Å². The van der Waals surface area contributed by atoms with Crippen LogP contribution in [0.15, 0.2) is 53.4 Å². The standard InChI is InChI=1S/C18H22N2O4S/c1-13(2)24-16-9-5-14(6-10-16)18(21)19-15-7-11-17(12-8-15)25(22,23)20(3)4/h5-13H,1-4H3,(H,19,21). The zero-order valence-electron chi connectivity index (χ0n) is 14.7. The first-order valence-electron chi connectivity index (χ1n) is 7.81. The maximum Gasteiger partial charge on any atom is 0.255 e. The molecule has 0 heterocycles. The summed E-state index contributed by atoms with van der Waals surface area (Å²) in [6.45, 7) is 3.86. The molecule has 0 saturated heterocycles. The van der Waals surface area contributed by atoms with Crippen LogP contribution in [0.1, 0.15) is 24.2 Å². The number of rotatable bonds is 6. The molecule has 0 aliphatic heterocycles. The third-order valence-electron chi connectivity index (χ3n) is 3.38. The molecule has 25 heavy (non-hydrogen) atoms. The van der Waals surface area contributed by atoms with Crippen molar-refractivity contribution in [3.8, 4) is 5.75 Å². The van der Waals surface area contributed by atoms with Crippen molar-refractivity contribution in [3.63, 3.8) is 0 Å². The van der Waals surface area contributed by atoms with Gasteiger partial charge in [-0.05, 0) is 62.4 Å². The van der Waals surface area contributed by atoms with E-state index in [2.05, 4.69) is 5.32 Å². The van der Waals surface area contributed by atoms with Crippen LogP contribution >= 0.6 is 0 Å². The zero-order chi connectivity index (χ0) is 18.6. The van der Waals surface area contributed by atoms with Gasteiger partial charge in [0.1, 0.15) is 5.75 Å². The molecule has 2 rings (SSSR count). The van der Waals surface area contributed by atoms with Crippen molar-refractivity contribution in [3.05, 3.63) is 54.1 Å². The van der Waals surface area contributed by atoms with E-state index in [4.69, 9.17) is 4.74 Å². The minimum atomic E-state index is -3.48. The Morgan fingerprint density at radius 1 is 1.00 bits per heavy atom. The number of carbonyl (C=O) groups excluding carboxylic acids is 1. The molecule has 0 unspecified atom stereocenters. The molecule has 0 radical (unpaired) electrons. The zero-order valence-corrected chi connectivity index (χ0v) is 15.5. The molecule has 0 atom stereocenters. The average molecular weight is 362 g/mol. The van der Waals surface area contributed by atoms with E-state index in [1.54, 1.807) is 36.4 Å². The van der Waals surface area contributed by atoms with Gasteiger partial charge in [-0.1, -0.05) is 0 Å². The van der Waals surface area contributed by atoms with Crippen molar-refractivity contribution in [1.82, 2.24) is 4.31 Å². The summed E-state index contributed by atoms with van der Waals surface area (Å²) < 4.78 is 30.7. The molecular weight excluding hydrogens is 340 g/mol. The quantitative estimate of drug-likeness (QED) is 0.857. The second kappa shape index (κ2) is 7.67. The summed E-state index contributed by atoms with van der Waals surface area (Å²) in [4.78, 5) is 12.4. The highest BCUT2D eigenvalue weighted by Crippen LogP contribution is 2.18. The lowest BCUT2D eigenvalue weighted by Crippen LogP contribution is -2.22. The molecule has 0 aliphatic carbocycles. The molecule has 1 N–H and O–H groups in total. The van der Waals surface area contributed by atoms with Crippen molar-refractivity contribution in [2.24, 2.45) is 0 Å². The molecule has 0 aromatic heterocycles. The Morgan fingerprint density at radius 2 is 1.56 bits per heavy atom. The number of nitrogens with zero attached hydrogens (tertiary/aromatic N) is 1. The van der Waals surface area contributed by atoms with Gasteiger partial charge < -0.3 is 10.1 Å². The van der Waals surface area contributed by atoms with Crippen LogP contribution in [0, 0.1) is 0 Å². The van der Waals surface area contributed by atoms with Crippen LogP contribution in [0.25, 0.3) is 0 Å². The van der Waals surface area contributed by atoms with Crippen molar-refractivity contribution < 1.29 is 17.9 Å². The smallest absolute Gasteiger partial charge is 0.255 e. The molecule has 0 saturated carbocycles. The van der Waals surface area contributed by atoms with Gasteiger partial charge in [-0.15, -0.1) is 0 Å². The Morgan fingerprint density at radius 3 is 2.04 bits per heavy atom. The second-order valence-electron chi connectivity index (χ2n) is 5.96. The van der Waals surface area contributed by atoms with E-state index < -0.39 is 10.0 Å². The number of nitrogens with one attached hydrogen (secondary N) is 1. The lowest BCUT2D eigenvalue weighted by Gasteiger charge is -2.12. The highest BCUT2D eigenvalue weighted by atomic mass is 32.2. The summed E-state index contributed by atoms with van der Waals surface area (Å²) in [6.07, 6.45) is 0.0663. The minimum absolute atomic E-state index is 0.0663. The molecule has 134 valence electrons. The second-order valence-corrected chi connectivity index (χ2v) is 8.11. The third kappa shape index (κ3) is 4.80. The fourth-order valence-corrected chi connectivity index (χ4v) is 2.98. The van der Waals surface area contributed by atoms with Crippen LogP contribution in [0.2, 0.25) is 0 Å². The first kappa shape index (κ1) is 19.0. The Labute approximate surface area is 148 Å². The van der Waals surface area contributed by atoms with Crippen LogP contribution in [-0.4, -0.2) is 38.8 Å². The first-order chi connectivity index (χ1) is 11.7. The molecule has 0 spiro atoms. The number of hydrogen-bond acceptors (Lipinski definition) is 4. The normalized spacial score (nSPS) is 11.6. The predicted molar refractivity (Wildman–Crippen MR) is 97.5 cm³/mol. The maximum absolute atomic E-state index is 12.3. The SMILES string of the molecule is CC(C)Oc1ccc(C(=O)Nc2ccc(S(=O)(=O)N(C)C)cc2)cc1. The minimum Gasteiger partial charge on any atom is -0.491 e. The summed E-state index contributed by atoms with van der Waals surface area (Å²) in [5.74, 6) is 0.420. The molecule has 1 amide bonds. The summed E-state index contributed by atoms with van der Waals surface area (Å²) >= 11 is 0. The van der Waals surface area contributed by atoms with Gasteiger partial charge in [-0.3, -0.25) is 4.79 Å². The Bertz CT molecular complexity index is 826. The topological polar surface area (TPSA) is 75.7 Å². The fraction of sp³-hybridized carbons (Fsp3) is 0.278. The molecule has 2 aromatic rings. The fourth-order valence-electron chi connectivity index (χ4n) is 2.08. The number of amides is 1. The van der Waals surface area contributed by atoms with Gasteiger partial charge in [0.05, 0.1) is 11.0 Å². The molecule has 0 bridgehead atoms. The highest BCUT2D eigenvalue weighted by molar-refractivity contribution is 7.89. The Balaban J connectivity index is 2.08. The van der Waals surface area contributed by atoms with Gasteiger partial charge in [0.2, 0.25) is 10.0 Å². The van der Waals surface area contributed by atoms with Gasteiger partial charge in [-0.25, -0.2) is 12.7 Å². The van der Waals surface area contributed by atoms with Crippen LogP contribution in [-0.2, 0) is 10.0 Å². The van der Waals surface area contributed by atoms with Crippen LogP contribution in [0.4, 0.5) is 5.69 Å². The summed E-state index contributed by atoms with van der Waals surface area (Å²) in [5, 5.41) is 2.74. The van der Waals surface area contributed by atoms with Gasteiger partial charge in [0.25, 0.3) is 5.91 Å². The van der Waals surface area contributed by atoms with Gasteiger partial charge in [0.15, 0.2) is 0 Å². The van der Waals surface area contributed by atoms with Crippen molar-refractivity contribution in [1.29, 1.82) is 0 Å². The van der Waals surface area contributed by atoms with Crippen molar-refractivity contribution in [2.45, 2.75) is 24.8 Å². The number of benzene rings is 2. The summed E-state index contributed by atoms with van der Waals surface area (Å²) in [7, 11) is -0.543. The molecule has 2 aromatic carbocycles. The first-order valence-corrected chi connectivity index (χ1v) is 9.25. The van der Waals surface area contributed by atoms with Crippen LogP contribution < -0.4 is 10.1 Å². The number of carbonyl (C=O) groups is 1. The molecule has 7 heteroatoms. The predicted octanol–water partition coefficient (Wildman–Crippen LogP) is 2.98. The van der Waals surface area contributed by atoms with Gasteiger partial charge in [-0.2, -0.15) is 0 Å². The van der Waals surface area contributed by atoms with E-state index >= 15 is 0 Å².